The molecule has 1 rings (SSSR count). The van der Waals surface area contributed by atoms with Crippen LogP contribution in [0.1, 0.15) is 19.4 Å². The third-order valence-corrected chi connectivity index (χ3v) is 2.68. The van der Waals surface area contributed by atoms with Crippen molar-refractivity contribution in [3.63, 3.8) is 0 Å². The molecule has 0 saturated heterocycles. The summed E-state index contributed by atoms with van der Waals surface area (Å²) in [5.41, 5.74) is 6.47. The van der Waals surface area contributed by atoms with Crippen LogP contribution in [-0.2, 0) is 6.54 Å². The maximum absolute atomic E-state index is 12.9. The first kappa shape index (κ1) is 12.6. The lowest BCUT2D eigenvalue weighted by atomic mass is 10.1. The SMILES string of the molecule is CC(C)(N)CNCc1cc(F)ccc1Br. The van der Waals surface area contributed by atoms with Crippen molar-refractivity contribution in [2.75, 3.05) is 6.54 Å². The summed E-state index contributed by atoms with van der Waals surface area (Å²) < 4.78 is 13.8. The average Bonchev–Trinajstić information content (AvgIpc) is 2.09. The summed E-state index contributed by atoms with van der Waals surface area (Å²) in [6.07, 6.45) is 0. The second-order valence-electron chi connectivity index (χ2n) is 4.33. The van der Waals surface area contributed by atoms with Crippen molar-refractivity contribution in [1.82, 2.24) is 5.32 Å². The second kappa shape index (κ2) is 5.05. The lowest BCUT2D eigenvalue weighted by Gasteiger charge is -2.19. The maximum atomic E-state index is 12.9. The highest BCUT2D eigenvalue weighted by Crippen LogP contribution is 2.17. The Balaban J connectivity index is 2.54. The smallest absolute Gasteiger partial charge is 0.123 e. The Morgan fingerprint density at radius 1 is 1.47 bits per heavy atom. The standard InChI is InChI=1S/C11H16BrFN2/c1-11(2,14)7-15-6-8-5-9(13)3-4-10(8)12/h3-5,15H,6-7,14H2,1-2H3. The molecule has 15 heavy (non-hydrogen) atoms. The summed E-state index contributed by atoms with van der Waals surface area (Å²) >= 11 is 3.37. The van der Waals surface area contributed by atoms with E-state index in [1.54, 1.807) is 6.07 Å². The molecule has 3 N–H and O–H groups in total. The molecule has 0 saturated carbocycles. The minimum atomic E-state index is -0.250. The van der Waals surface area contributed by atoms with Crippen LogP contribution in [-0.4, -0.2) is 12.1 Å². The number of nitrogens with one attached hydrogen (secondary N) is 1. The molecule has 0 aromatic heterocycles. The zero-order valence-electron chi connectivity index (χ0n) is 8.98. The van der Waals surface area contributed by atoms with Gasteiger partial charge in [-0.05, 0) is 37.6 Å². The van der Waals surface area contributed by atoms with Crippen molar-refractivity contribution in [2.24, 2.45) is 5.73 Å². The van der Waals surface area contributed by atoms with Crippen LogP contribution in [0.2, 0.25) is 0 Å². The molecule has 0 fully saturated rings. The van der Waals surface area contributed by atoms with Gasteiger partial charge >= 0.3 is 0 Å². The molecule has 0 spiro atoms. The van der Waals surface area contributed by atoms with Crippen LogP contribution in [0.15, 0.2) is 22.7 Å². The highest BCUT2D eigenvalue weighted by atomic mass is 79.9. The quantitative estimate of drug-likeness (QED) is 0.885. The number of rotatable bonds is 4. The largest absolute Gasteiger partial charge is 0.324 e. The van der Waals surface area contributed by atoms with E-state index in [0.717, 1.165) is 10.0 Å². The summed E-state index contributed by atoms with van der Waals surface area (Å²) in [5, 5.41) is 3.19. The van der Waals surface area contributed by atoms with Crippen molar-refractivity contribution < 1.29 is 4.39 Å². The first-order chi connectivity index (χ1) is 6.88. The number of nitrogens with two attached hydrogens (primary N) is 1. The molecule has 0 bridgehead atoms. The third kappa shape index (κ3) is 4.73. The number of hydrogen-bond donors (Lipinski definition) is 2. The molecule has 0 heterocycles. The van der Waals surface area contributed by atoms with Gasteiger partial charge in [-0.25, -0.2) is 4.39 Å². The molecule has 0 aliphatic rings. The summed E-state index contributed by atoms with van der Waals surface area (Å²) in [7, 11) is 0. The van der Waals surface area contributed by atoms with Crippen LogP contribution in [0, 0.1) is 5.82 Å². The highest BCUT2D eigenvalue weighted by Gasteiger charge is 2.09. The van der Waals surface area contributed by atoms with E-state index >= 15 is 0 Å². The minimum absolute atomic E-state index is 0.220. The van der Waals surface area contributed by atoms with E-state index in [4.69, 9.17) is 5.73 Å². The van der Waals surface area contributed by atoms with Gasteiger partial charge in [-0.3, -0.25) is 0 Å². The Hall–Kier alpha value is -0.450. The van der Waals surface area contributed by atoms with E-state index in [9.17, 15) is 4.39 Å². The molecule has 0 aliphatic heterocycles. The molecule has 1 aromatic rings. The molecular formula is C11H16BrFN2. The van der Waals surface area contributed by atoms with Gasteiger partial charge < -0.3 is 11.1 Å². The molecule has 0 amide bonds. The Labute approximate surface area is 98.2 Å². The molecule has 0 unspecified atom stereocenters. The van der Waals surface area contributed by atoms with E-state index < -0.39 is 0 Å². The Kier molecular flexibility index (Phi) is 4.25. The van der Waals surface area contributed by atoms with Crippen molar-refractivity contribution in [3.05, 3.63) is 34.1 Å². The van der Waals surface area contributed by atoms with Crippen LogP contribution in [0.3, 0.4) is 0 Å². The van der Waals surface area contributed by atoms with Crippen LogP contribution in [0.25, 0.3) is 0 Å². The van der Waals surface area contributed by atoms with E-state index in [1.807, 2.05) is 13.8 Å². The minimum Gasteiger partial charge on any atom is -0.324 e. The van der Waals surface area contributed by atoms with Gasteiger partial charge in [0.25, 0.3) is 0 Å². The van der Waals surface area contributed by atoms with Crippen LogP contribution in [0.5, 0.6) is 0 Å². The van der Waals surface area contributed by atoms with Crippen molar-refractivity contribution in [3.8, 4) is 0 Å². The number of halogens is 2. The van der Waals surface area contributed by atoms with Gasteiger partial charge in [-0.2, -0.15) is 0 Å². The highest BCUT2D eigenvalue weighted by molar-refractivity contribution is 9.10. The fourth-order valence-electron chi connectivity index (χ4n) is 1.20. The van der Waals surface area contributed by atoms with Gasteiger partial charge in [-0.1, -0.05) is 15.9 Å². The fourth-order valence-corrected chi connectivity index (χ4v) is 1.58. The molecule has 84 valence electrons. The Morgan fingerprint density at radius 3 is 2.73 bits per heavy atom. The predicted molar refractivity (Wildman–Crippen MR) is 64.1 cm³/mol. The van der Waals surface area contributed by atoms with Crippen LogP contribution >= 0.6 is 15.9 Å². The van der Waals surface area contributed by atoms with Crippen molar-refractivity contribution in [2.45, 2.75) is 25.9 Å². The number of benzene rings is 1. The van der Waals surface area contributed by atoms with E-state index in [-0.39, 0.29) is 11.4 Å². The third-order valence-electron chi connectivity index (χ3n) is 1.90. The van der Waals surface area contributed by atoms with Gasteiger partial charge in [0, 0.05) is 23.1 Å². The Bertz CT molecular complexity index is 334. The molecule has 0 radical (unpaired) electrons. The lowest BCUT2D eigenvalue weighted by Crippen LogP contribution is -2.42. The van der Waals surface area contributed by atoms with Crippen LogP contribution < -0.4 is 11.1 Å². The van der Waals surface area contributed by atoms with Crippen molar-refractivity contribution >= 4 is 15.9 Å². The monoisotopic (exact) mass is 274 g/mol. The molecule has 4 heteroatoms. The van der Waals surface area contributed by atoms with Crippen LogP contribution in [0.4, 0.5) is 4.39 Å². The normalized spacial score (nSPS) is 11.8. The Morgan fingerprint density at radius 2 is 2.13 bits per heavy atom. The predicted octanol–water partition coefficient (Wildman–Crippen LogP) is 2.42. The second-order valence-corrected chi connectivity index (χ2v) is 5.18. The van der Waals surface area contributed by atoms with E-state index in [2.05, 4.69) is 21.2 Å². The first-order valence-corrected chi connectivity index (χ1v) is 5.61. The zero-order chi connectivity index (χ0) is 11.5. The molecule has 2 nitrogen and oxygen atoms in total. The summed E-state index contributed by atoms with van der Waals surface area (Å²) in [4.78, 5) is 0. The molecule has 0 aliphatic carbocycles. The maximum Gasteiger partial charge on any atom is 0.123 e. The zero-order valence-corrected chi connectivity index (χ0v) is 10.6. The van der Waals surface area contributed by atoms with Gasteiger partial charge in [0.15, 0.2) is 0 Å². The van der Waals surface area contributed by atoms with Gasteiger partial charge in [0.2, 0.25) is 0 Å². The van der Waals surface area contributed by atoms with Gasteiger partial charge in [0.05, 0.1) is 0 Å². The van der Waals surface area contributed by atoms with Gasteiger partial charge in [-0.15, -0.1) is 0 Å². The summed E-state index contributed by atoms with van der Waals surface area (Å²) in [5.74, 6) is -0.220. The summed E-state index contributed by atoms with van der Waals surface area (Å²) in [6, 6.07) is 4.65. The van der Waals surface area contributed by atoms with E-state index in [0.29, 0.717) is 13.1 Å². The lowest BCUT2D eigenvalue weighted by molar-refractivity contribution is 0.466. The van der Waals surface area contributed by atoms with Crippen molar-refractivity contribution in [1.29, 1.82) is 0 Å². The summed E-state index contributed by atoms with van der Waals surface area (Å²) in [6.45, 7) is 5.19. The topological polar surface area (TPSA) is 38.0 Å². The van der Waals surface area contributed by atoms with E-state index in [1.165, 1.54) is 12.1 Å². The first-order valence-electron chi connectivity index (χ1n) is 4.82. The molecular weight excluding hydrogens is 259 g/mol. The molecule has 0 atom stereocenters. The number of hydrogen-bond acceptors (Lipinski definition) is 2. The average molecular weight is 275 g/mol. The van der Waals surface area contributed by atoms with Gasteiger partial charge in [0.1, 0.15) is 5.82 Å². The fraction of sp³-hybridized carbons (Fsp3) is 0.455. The molecule has 1 aromatic carbocycles.